The Morgan fingerprint density at radius 1 is 1.15 bits per heavy atom. The SMILES string of the molecule is CCOc1ccc(-c2nc(CN)n3ccccc23)cc1. The molecule has 0 saturated heterocycles. The van der Waals surface area contributed by atoms with Gasteiger partial charge in [-0.25, -0.2) is 4.98 Å². The molecule has 2 aromatic heterocycles. The van der Waals surface area contributed by atoms with Gasteiger partial charge in [0.15, 0.2) is 0 Å². The standard InChI is InChI=1S/C16H17N3O/c1-2-20-13-8-6-12(7-9-13)16-14-5-3-4-10-19(14)15(11-17)18-16/h3-10H,2,11,17H2,1H3. The van der Waals surface area contributed by atoms with E-state index in [-0.39, 0.29) is 0 Å². The van der Waals surface area contributed by atoms with E-state index in [9.17, 15) is 0 Å². The van der Waals surface area contributed by atoms with Crippen molar-refractivity contribution in [3.8, 4) is 17.0 Å². The third-order valence-electron chi connectivity index (χ3n) is 3.24. The Hall–Kier alpha value is -2.33. The lowest BCUT2D eigenvalue weighted by molar-refractivity contribution is 0.340. The Kier molecular flexibility index (Phi) is 3.39. The first-order valence-corrected chi connectivity index (χ1v) is 6.72. The molecule has 0 atom stereocenters. The van der Waals surface area contributed by atoms with Crippen molar-refractivity contribution in [1.82, 2.24) is 9.38 Å². The number of pyridine rings is 1. The number of imidazole rings is 1. The van der Waals surface area contributed by atoms with Gasteiger partial charge in [0, 0.05) is 11.8 Å². The van der Waals surface area contributed by atoms with Crippen LogP contribution in [-0.4, -0.2) is 16.0 Å². The van der Waals surface area contributed by atoms with Gasteiger partial charge < -0.3 is 14.9 Å². The second-order valence-corrected chi connectivity index (χ2v) is 4.49. The average Bonchev–Trinajstić information content (AvgIpc) is 2.87. The van der Waals surface area contributed by atoms with E-state index < -0.39 is 0 Å². The Morgan fingerprint density at radius 2 is 1.95 bits per heavy atom. The van der Waals surface area contributed by atoms with Crippen molar-refractivity contribution in [3.63, 3.8) is 0 Å². The number of fused-ring (bicyclic) bond motifs is 1. The molecule has 2 N–H and O–H groups in total. The van der Waals surface area contributed by atoms with Crippen molar-refractivity contribution in [2.75, 3.05) is 6.61 Å². The summed E-state index contributed by atoms with van der Waals surface area (Å²) in [4.78, 5) is 4.65. The second-order valence-electron chi connectivity index (χ2n) is 4.49. The zero-order valence-corrected chi connectivity index (χ0v) is 11.4. The van der Waals surface area contributed by atoms with Crippen LogP contribution in [0.25, 0.3) is 16.8 Å². The van der Waals surface area contributed by atoms with Crippen LogP contribution in [-0.2, 0) is 6.54 Å². The molecule has 0 aliphatic heterocycles. The third kappa shape index (κ3) is 2.14. The van der Waals surface area contributed by atoms with Crippen LogP contribution in [0.5, 0.6) is 5.75 Å². The minimum atomic E-state index is 0.419. The Morgan fingerprint density at radius 3 is 2.65 bits per heavy atom. The fourth-order valence-corrected chi connectivity index (χ4v) is 2.33. The van der Waals surface area contributed by atoms with Gasteiger partial charge in [-0.05, 0) is 43.3 Å². The summed E-state index contributed by atoms with van der Waals surface area (Å²) in [6.45, 7) is 3.07. The van der Waals surface area contributed by atoms with Crippen molar-refractivity contribution < 1.29 is 4.74 Å². The van der Waals surface area contributed by atoms with E-state index in [0.29, 0.717) is 13.2 Å². The van der Waals surface area contributed by atoms with E-state index >= 15 is 0 Å². The van der Waals surface area contributed by atoms with Crippen LogP contribution in [0, 0.1) is 0 Å². The summed E-state index contributed by atoms with van der Waals surface area (Å²) in [6.07, 6.45) is 1.99. The van der Waals surface area contributed by atoms with Gasteiger partial charge in [0.1, 0.15) is 11.6 Å². The van der Waals surface area contributed by atoms with Crippen molar-refractivity contribution in [2.45, 2.75) is 13.5 Å². The Bertz CT molecular complexity index is 716. The fourth-order valence-electron chi connectivity index (χ4n) is 2.33. The number of hydrogen-bond donors (Lipinski definition) is 1. The molecule has 0 unspecified atom stereocenters. The van der Waals surface area contributed by atoms with E-state index in [0.717, 1.165) is 28.3 Å². The smallest absolute Gasteiger partial charge is 0.127 e. The van der Waals surface area contributed by atoms with Crippen LogP contribution < -0.4 is 10.5 Å². The van der Waals surface area contributed by atoms with E-state index in [4.69, 9.17) is 10.5 Å². The molecule has 0 bridgehead atoms. The molecule has 0 aliphatic carbocycles. The van der Waals surface area contributed by atoms with E-state index in [1.54, 1.807) is 0 Å². The highest BCUT2D eigenvalue weighted by molar-refractivity contribution is 5.77. The number of ether oxygens (including phenoxy) is 1. The summed E-state index contributed by atoms with van der Waals surface area (Å²) in [6, 6.07) is 14.0. The molecular formula is C16H17N3O. The van der Waals surface area contributed by atoms with Gasteiger partial charge in [0.25, 0.3) is 0 Å². The minimum absolute atomic E-state index is 0.419. The van der Waals surface area contributed by atoms with Crippen LogP contribution in [0.3, 0.4) is 0 Å². The molecule has 102 valence electrons. The summed E-state index contributed by atoms with van der Waals surface area (Å²) in [5.74, 6) is 1.74. The first-order valence-electron chi connectivity index (χ1n) is 6.72. The monoisotopic (exact) mass is 267 g/mol. The molecule has 4 heteroatoms. The van der Waals surface area contributed by atoms with Gasteiger partial charge in [-0.3, -0.25) is 0 Å². The zero-order chi connectivity index (χ0) is 13.9. The van der Waals surface area contributed by atoms with Gasteiger partial charge in [-0.15, -0.1) is 0 Å². The lowest BCUT2D eigenvalue weighted by atomic mass is 10.1. The quantitative estimate of drug-likeness (QED) is 0.790. The first-order chi connectivity index (χ1) is 9.83. The summed E-state index contributed by atoms with van der Waals surface area (Å²) < 4.78 is 7.50. The van der Waals surface area contributed by atoms with Crippen molar-refractivity contribution in [2.24, 2.45) is 5.73 Å². The molecule has 0 fully saturated rings. The van der Waals surface area contributed by atoms with Crippen LogP contribution in [0.15, 0.2) is 48.7 Å². The minimum Gasteiger partial charge on any atom is -0.494 e. The summed E-state index contributed by atoms with van der Waals surface area (Å²) in [5.41, 5.74) is 8.85. The number of nitrogens with two attached hydrogens (primary N) is 1. The maximum absolute atomic E-state index is 5.77. The van der Waals surface area contributed by atoms with Gasteiger partial charge in [0.05, 0.1) is 24.4 Å². The van der Waals surface area contributed by atoms with Gasteiger partial charge >= 0.3 is 0 Å². The molecule has 4 nitrogen and oxygen atoms in total. The summed E-state index contributed by atoms with van der Waals surface area (Å²) in [5, 5.41) is 0. The zero-order valence-electron chi connectivity index (χ0n) is 11.4. The predicted octanol–water partition coefficient (Wildman–Crippen LogP) is 2.86. The molecule has 0 spiro atoms. The van der Waals surface area contributed by atoms with Crippen LogP contribution in [0.2, 0.25) is 0 Å². The average molecular weight is 267 g/mol. The lowest BCUT2D eigenvalue weighted by Crippen LogP contribution is -2.01. The predicted molar refractivity (Wildman–Crippen MR) is 79.7 cm³/mol. The molecule has 20 heavy (non-hydrogen) atoms. The van der Waals surface area contributed by atoms with Crippen LogP contribution in [0.4, 0.5) is 0 Å². The molecule has 0 radical (unpaired) electrons. The lowest BCUT2D eigenvalue weighted by Gasteiger charge is -2.03. The molecule has 0 amide bonds. The molecule has 1 aromatic carbocycles. The molecular weight excluding hydrogens is 250 g/mol. The number of nitrogens with zero attached hydrogens (tertiary/aromatic N) is 2. The Balaban J connectivity index is 2.09. The largest absolute Gasteiger partial charge is 0.494 e. The molecule has 0 aliphatic rings. The highest BCUT2D eigenvalue weighted by Crippen LogP contribution is 2.26. The molecule has 3 aromatic rings. The molecule has 0 saturated carbocycles. The normalized spacial score (nSPS) is 10.9. The maximum Gasteiger partial charge on any atom is 0.127 e. The topological polar surface area (TPSA) is 52.5 Å². The Labute approximate surface area is 117 Å². The van der Waals surface area contributed by atoms with Gasteiger partial charge in [-0.2, -0.15) is 0 Å². The van der Waals surface area contributed by atoms with Gasteiger partial charge in [0.2, 0.25) is 0 Å². The van der Waals surface area contributed by atoms with Crippen molar-refractivity contribution >= 4 is 5.52 Å². The molecule has 2 heterocycles. The fraction of sp³-hybridized carbons (Fsp3) is 0.188. The van der Waals surface area contributed by atoms with Crippen molar-refractivity contribution in [1.29, 1.82) is 0 Å². The van der Waals surface area contributed by atoms with Gasteiger partial charge in [-0.1, -0.05) is 6.07 Å². The highest BCUT2D eigenvalue weighted by Gasteiger charge is 2.11. The summed E-state index contributed by atoms with van der Waals surface area (Å²) >= 11 is 0. The number of aromatic nitrogens is 2. The first kappa shape index (κ1) is 12.7. The number of hydrogen-bond acceptors (Lipinski definition) is 3. The van der Waals surface area contributed by atoms with Crippen LogP contribution in [0.1, 0.15) is 12.7 Å². The van der Waals surface area contributed by atoms with Crippen molar-refractivity contribution in [3.05, 3.63) is 54.5 Å². The summed E-state index contributed by atoms with van der Waals surface area (Å²) in [7, 11) is 0. The number of benzene rings is 1. The molecule has 3 rings (SSSR count). The van der Waals surface area contributed by atoms with E-state index in [1.807, 2.05) is 53.9 Å². The van der Waals surface area contributed by atoms with Crippen LogP contribution >= 0.6 is 0 Å². The maximum atomic E-state index is 5.77. The second kappa shape index (κ2) is 5.35. The number of rotatable bonds is 4. The highest BCUT2D eigenvalue weighted by atomic mass is 16.5. The van der Waals surface area contributed by atoms with E-state index in [1.165, 1.54) is 0 Å². The van der Waals surface area contributed by atoms with E-state index in [2.05, 4.69) is 11.1 Å². The third-order valence-corrected chi connectivity index (χ3v) is 3.24.